The number of allylic oxidation sites excluding steroid dienone is 4. The molecule has 82 valence electrons. The third-order valence-electron chi connectivity index (χ3n) is 2.83. The van der Waals surface area contributed by atoms with Gasteiger partial charge in [0.25, 0.3) is 0 Å². The first-order chi connectivity index (χ1) is 7.10. The van der Waals surface area contributed by atoms with E-state index in [2.05, 4.69) is 6.92 Å². The zero-order chi connectivity index (χ0) is 11.4. The number of hydrogen-bond donors (Lipinski definition) is 0. The predicted molar refractivity (Wildman–Crippen MR) is 60.5 cm³/mol. The molecule has 0 heterocycles. The second-order valence-electron chi connectivity index (χ2n) is 4.04. The summed E-state index contributed by atoms with van der Waals surface area (Å²) in [7, 11) is 0. The Labute approximate surface area is 91.1 Å². The van der Waals surface area contributed by atoms with Gasteiger partial charge in [-0.1, -0.05) is 27.2 Å². The minimum absolute atomic E-state index is 0.00931. The van der Waals surface area contributed by atoms with Gasteiger partial charge in [0.05, 0.1) is 0 Å². The molecule has 0 aromatic rings. The van der Waals surface area contributed by atoms with E-state index in [1.165, 1.54) is 12.2 Å². The van der Waals surface area contributed by atoms with E-state index < -0.39 is 0 Å². The van der Waals surface area contributed by atoms with Crippen LogP contribution in [0.4, 0.5) is 0 Å². The standard InChI is InChI=1S/C13H18O2/c1-4-6-9(3)11-8-12(14)10(5-2)7-13(11)15/h7-9H,4-6H2,1-3H3. The molecule has 1 atom stereocenters. The van der Waals surface area contributed by atoms with Gasteiger partial charge < -0.3 is 0 Å². The zero-order valence-electron chi connectivity index (χ0n) is 9.67. The van der Waals surface area contributed by atoms with Crippen LogP contribution in [0.5, 0.6) is 0 Å². The van der Waals surface area contributed by atoms with Crippen LogP contribution in [0, 0.1) is 5.92 Å². The van der Waals surface area contributed by atoms with Crippen LogP contribution >= 0.6 is 0 Å². The van der Waals surface area contributed by atoms with Gasteiger partial charge in [-0.2, -0.15) is 0 Å². The highest BCUT2D eigenvalue weighted by Crippen LogP contribution is 2.23. The Morgan fingerprint density at radius 3 is 2.33 bits per heavy atom. The van der Waals surface area contributed by atoms with E-state index in [4.69, 9.17) is 0 Å². The first-order valence-electron chi connectivity index (χ1n) is 5.60. The quantitative estimate of drug-likeness (QED) is 0.663. The van der Waals surface area contributed by atoms with Gasteiger partial charge >= 0.3 is 0 Å². The van der Waals surface area contributed by atoms with E-state index >= 15 is 0 Å². The lowest BCUT2D eigenvalue weighted by molar-refractivity contribution is -0.115. The maximum absolute atomic E-state index is 11.7. The van der Waals surface area contributed by atoms with Crippen LogP contribution in [0.15, 0.2) is 23.3 Å². The van der Waals surface area contributed by atoms with E-state index in [0.717, 1.165) is 12.8 Å². The van der Waals surface area contributed by atoms with Crippen molar-refractivity contribution in [2.45, 2.75) is 40.0 Å². The second-order valence-corrected chi connectivity index (χ2v) is 4.04. The van der Waals surface area contributed by atoms with Crippen LogP contribution in [-0.4, -0.2) is 11.6 Å². The first kappa shape index (κ1) is 11.9. The van der Waals surface area contributed by atoms with E-state index in [-0.39, 0.29) is 17.5 Å². The molecular formula is C13H18O2. The number of ketones is 2. The van der Waals surface area contributed by atoms with Gasteiger partial charge in [-0.05, 0) is 30.9 Å². The maximum atomic E-state index is 11.7. The van der Waals surface area contributed by atoms with Crippen molar-refractivity contribution in [2.75, 3.05) is 0 Å². The summed E-state index contributed by atoms with van der Waals surface area (Å²) in [5.41, 5.74) is 1.31. The molecule has 1 unspecified atom stereocenters. The summed E-state index contributed by atoms with van der Waals surface area (Å²) >= 11 is 0. The van der Waals surface area contributed by atoms with Crippen molar-refractivity contribution in [1.82, 2.24) is 0 Å². The molecule has 0 radical (unpaired) electrons. The molecule has 0 bridgehead atoms. The molecule has 2 heteroatoms. The molecule has 2 nitrogen and oxygen atoms in total. The summed E-state index contributed by atoms with van der Waals surface area (Å²) in [5, 5.41) is 0. The SMILES string of the molecule is CCCC(C)C1=CC(=O)C(CC)=CC1=O. The average Bonchev–Trinajstić information content (AvgIpc) is 2.21. The zero-order valence-corrected chi connectivity index (χ0v) is 9.67. The molecule has 0 aliphatic heterocycles. The van der Waals surface area contributed by atoms with Gasteiger partial charge in [0.15, 0.2) is 11.6 Å². The molecule has 1 rings (SSSR count). The molecule has 0 saturated heterocycles. The molecule has 0 aromatic carbocycles. The van der Waals surface area contributed by atoms with E-state index in [9.17, 15) is 9.59 Å². The number of rotatable bonds is 4. The molecule has 1 aliphatic rings. The van der Waals surface area contributed by atoms with Gasteiger partial charge in [-0.15, -0.1) is 0 Å². The lowest BCUT2D eigenvalue weighted by Gasteiger charge is -2.16. The number of hydrogen-bond acceptors (Lipinski definition) is 2. The molecule has 0 amide bonds. The predicted octanol–water partition coefficient (Wildman–Crippen LogP) is 2.84. The van der Waals surface area contributed by atoms with E-state index in [0.29, 0.717) is 17.6 Å². The number of carbonyl (C=O) groups excluding carboxylic acids is 2. The normalized spacial score (nSPS) is 18.6. The highest BCUT2D eigenvalue weighted by atomic mass is 16.1. The topological polar surface area (TPSA) is 34.1 Å². The van der Waals surface area contributed by atoms with Crippen LogP contribution in [0.25, 0.3) is 0 Å². The molecule has 0 saturated carbocycles. The van der Waals surface area contributed by atoms with Gasteiger partial charge in [-0.25, -0.2) is 0 Å². The Morgan fingerprint density at radius 2 is 1.80 bits per heavy atom. The molecule has 0 fully saturated rings. The van der Waals surface area contributed by atoms with E-state index in [1.54, 1.807) is 0 Å². The molecule has 0 aromatic heterocycles. The highest BCUT2D eigenvalue weighted by Gasteiger charge is 2.22. The fourth-order valence-electron chi connectivity index (χ4n) is 1.87. The van der Waals surface area contributed by atoms with Crippen LogP contribution in [0.2, 0.25) is 0 Å². The fraction of sp³-hybridized carbons (Fsp3) is 0.538. The summed E-state index contributed by atoms with van der Waals surface area (Å²) in [5.74, 6) is 0.226. The lowest BCUT2D eigenvalue weighted by Crippen LogP contribution is -2.17. The molecule has 0 N–H and O–H groups in total. The Morgan fingerprint density at radius 1 is 1.13 bits per heavy atom. The van der Waals surface area contributed by atoms with Crippen molar-refractivity contribution in [3.8, 4) is 0 Å². The van der Waals surface area contributed by atoms with E-state index in [1.807, 2.05) is 13.8 Å². The smallest absolute Gasteiger partial charge is 0.182 e. The molecular weight excluding hydrogens is 188 g/mol. The van der Waals surface area contributed by atoms with Crippen molar-refractivity contribution >= 4 is 11.6 Å². The summed E-state index contributed by atoms with van der Waals surface area (Å²) in [6.07, 6.45) is 5.66. The highest BCUT2D eigenvalue weighted by molar-refractivity contribution is 6.20. The Bertz CT molecular complexity index is 334. The average molecular weight is 206 g/mol. The minimum atomic E-state index is 0.00931. The van der Waals surface area contributed by atoms with Crippen molar-refractivity contribution in [2.24, 2.45) is 5.92 Å². The Kier molecular flexibility index (Phi) is 4.01. The van der Waals surface area contributed by atoms with Gasteiger partial charge in [-0.3, -0.25) is 9.59 Å². The maximum Gasteiger partial charge on any atom is 0.182 e. The van der Waals surface area contributed by atoms with Crippen LogP contribution in [-0.2, 0) is 9.59 Å². The summed E-state index contributed by atoms with van der Waals surface area (Å²) in [6.45, 7) is 5.98. The summed E-state index contributed by atoms with van der Waals surface area (Å²) < 4.78 is 0. The van der Waals surface area contributed by atoms with Crippen LogP contribution in [0.3, 0.4) is 0 Å². The molecule has 15 heavy (non-hydrogen) atoms. The largest absolute Gasteiger partial charge is 0.290 e. The first-order valence-corrected chi connectivity index (χ1v) is 5.60. The summed E-state index contributed by atoms with van der Waals surface area (Å²) in [6, 6.07) is 0. The fourth-order valence-corrected chi connectivity index (χ4v) is 1.87. The van der Waals surface area contributed by atoms with Crippen molar-refractivity contribution in [3.05, 3.63) is 23.3 Å². The van der Waals surface area contributed by atoms with Crippen LogP contribution in [0.1, 0.15) is 40.0 Å². The lowest BCUT2D eigenvalue weighted by atomic mass is 9.86. The van der Waals surface area contributed by atoms with Gasteiger partial charge in [0, 0.05) is 11.1 Å². The van der Waals surface area contributed by atoms with Crippen molar-refractivity contribution in [3.63, 3.8) is 0 Å². The molecule has 0 spiro atoms. The minimum Gasteiger partial charge on any atom is -0.290 e. The second kappa shape index (κ2) is 5.06. The van der Waals surface area contributed by atoms with Crippen molar-refractivity contribution < 1.29 is 9.59 Å². The Balaban J connectivity index is 2.86. The third kappa shape index (κ3) is 2.65. The Hall–Kier alpha value is -1.18. The van der Waals surface area contributed by atoms with Gasteiger partial charge in [0.2, 0.25) is 0 Å². The number of carbonyl (C=O) groups is 2. The monoisotopic (exact) mass is 206 g/mol. The summed E-state index contributed by atoms with van der Waals surface area (Å²) in [4.78, 5) is 23.3. The molecule has 1 aliphatic carbocycles. The van der Waals surface area contributed by atoms with Gasteiger partial charge in [0.1, 0.15) is 0 Å². The third-order valence-corrected chi connectivity index (χ3v) is 2.83. The van der Waals surface area contributed by atoms with Crippen molar-refractivity contribution in [1.29, 1.82) is 0 Å². The van der Waals surface area contributed by atoms with Crippen LogP contribution < -0.4 is 0 Å².